The Bertz CT molecular complexity index is 195. The lowest BCUT2D eigenvalue weighted by Gasteiger charge is -2.34. The Morgan fingerprint density at radius 1 is 0.833 bits per heavy atom. The van der Waals surface area contributed by atoms with Gasteiger partial charge in [0.25, 0.3) is 0 Å². The van der Waals surface area contributed by atoms with Crippen molar-refractivity contribution in [3.63, 3.8) is 0 Å². The van der Waals surface area contributed by atoms with Gasteiger partial charge in [0.05, 0.1) is 0 Å². The summed E-state index contributed by atoms with van der Waals surface area (Å²) < 4.78 is 27.6. The first-order chi connectivity index (χ1) is 8.43. The standard InChI is InChI=1S/C14H26F2.C2H6/c1-9(2)13(15)14(16)11(4)12-7-5-10(3)6-8-12;1-2/h9-14H,5-8H2,1-4H3;1-2H3. The topological polar surface area (TPSA) is 0 Å². The molecule has 110 valence electrons. The fourth-order valence-electron chi connectivity index (χ4n) is 2.73. The van der Waals surface area contributed by atoms with Crippen molar-refractivity contribution < 1.29 is 8.78 Å². The lowest BCUT2D eigenvalue weighted by molar-refractivity contribution is 0.0463. The summed E-state index contributed by atoms with van der Waals surface area (Å²) >= 11 is 0. The molecule has 0 nitrogen and oxygen atoms in total. The monoisotopic (exact) mass is 262 g/mol. The van der Waals surface area contributed by atoms with Crippen LogP contribution in [0.15, 0.2) is 0 Å². The minimum atomic E-state index is -1.30. The zero-order chi connectivity index (χ0) is 14.3. The Morgan fingerprint density at radius 2 is 1.28 bits per heavy atom. The van der Waals surface area contributed by atoms with E-state index in [2.05, 4.69) is 6.92 Å². The summed E-state index contributed by atoms with van der Waals surface area (Å²) in [6.07, 6.45) is 1.94. The summed E-state index contributed by atoms with van der Waals surface area (Å²) in [5.41, 5.74) is 0. The van der Waals surface area contributed by atoms with Gasteiger partial charge in [0.15, 0.2) is 0 Å². The van der Waals surface area contributed by atoms with Crippen molar-refractivity contribution in [1.82, 2.24) is 0 Å². The van der Waals surface area contributed by atoms with Crippen molar-refractivity contribution in [2.75, 3.05) is 0 Å². The molecule has 0 radical (unpaired) electrons. The highest BCUT2D eigenvalue weighted by Crippen LogP contribution is 2.37. The molecule has 0 saturated heterocycles. The molecule has 1 aliphatic carbocycles. The molecule has 1 rings (SSSR count). The maximum atomic E-state index is 13.9. The molecule has 0 amide bonds. The molecule has 0 spiro atoms. The van der Waals surface area contributed by atoms with E-state index in [1.165, 1.54) is 12.8 Å². The number of rotatable bonds is 4. The van der Waals surface area contributed by atoms with Crippen LogP contribution in [0.1, 0.15) is 67.2 Å². The normalized spacial score (nSPS) is 29.2. The lowest BCUT2D eigenvalue weighted by Crippen LogP contribution is -2.34. The Morgan fingerprint density at radius 3 is 1.67 bits per heavy atom. The quantitative estimate of drug-likeness (QED) is 0.600. The van der Waals surface area contributed by atoms with Gasteiger partial charge in [-0.25, -0.2) is 8.78 Å². The van der Waals surface area contributed by atoms with Crippen LogP contribution in [-0.4, -0.2) is 12.3 Å². The molecule has 2 heteroatoms. The third-order valence-electron chi connectivity index (χ3n) is 4.25. The highest BCUT2D eigenvalue weighted by molar-refractivity contribution is 4.83. The van der Waals surface area contributed by atoms with Crippen molar-refractivity contribution >= 4 is 0 Å². The molecular formula is C16H32F2. The molecule has 1 saturated carbocycles. The number of hydrogen-bond donors (Lipinski definition) is 0. The summed E-state index contributed by atoms with van der Waals surface area (Å²) in [5.74, 6) is 0.834. The summed E-state index contributed by atoms with van der Waals surface area (Å²) in [7, 11) is 0. The fourth-order valence-corrected chi connectivity index (χ4v) is 2.73. The first-order valence-corrected chi connectivity index (χ1v) is 7.71. The molecule has 0 N–H and O–H groups in total. The van der Waals surface area contributed by atoms with Gasteiger partial charge in [-0.2, -0.15) is 0 Å². The van der Waals surface area contributed by atoms with Gasteiger partial charge in [-0.1, -0.05) is 54.4 Å². The van der Waals surface area contributed by atoms with E-state index in [-0.39, 0.29) is 11.8 Å². The fraction of sp³-hybridized carbons (Fsp3) is 1.00. The Labute approximate surface area is 113 Å². The Balaban J connectivity index is 0.00000137. The summed E-state index contributed by atoms with van der Waals surface area (Å²) in [6, 6.07) is 0. The maximum Gasteiger partial charge on any atom is 0.134 e. The molecule has 0 aromatic carbocycles. The summed E-state index contributed by atoms with van der Waals surface area (Å²) in [4.78, 5) is 0. The van der Waals surface area contributed by atoms with Gasteiger partial charge in [-0.05, 0) is 36.5 Å². The number of alkyl halides is 2. The molecule has 3 unspecified atom stereocenters. The molecule has 3 atom stereocenters. The molecule has 0 bridgehead atoms. The van der Waals surface area contributed by atoms with Crippen LogP contribution < -0.4 is 0 Å². The third-order valence-corrected chi connectivity index (χ3v) is 4.25. The van der Waals surface area contributed by atoms with Gasteiger partial charge >= 0.3 is 0 Å². The van der Waals surface area contributed by atoms with Crippen LogP contribution in [-0.2, 0) is 0 Å². The van der Waals surface area contributed by atoms with E-state index < -0.39 is 12.3 Å². The van der Waals surface area contributed by atoms with E-state index in [0.29, 0.717) is 5.92 Å². The third kappa shape index (κ3) is 5.24. The van der Waals surface area contributed by atoms with Gasteiger partial charge in [0, 0.05) is 0 Å². The largest absolute Gasteiger partial charge is 0.244 e. The van der Waals surface area contributed by atoms with Crippen LogP contribution in [0, 0.1) is 23.7 Å². The van der Waals surface area contributed by atoms with Crippen molar-refractivity contribution in [1.29, 1.82) is 0 Å². The first-order valence-electron chi connectivity index (χ1n) is 7.71. The first kappa shape index (κ1) is 17.9. The van der Waals surface area contributed by atoms with Crippen molar-refractivity contribution in [2.45, 2.75) is 79.6 Å². The van der Waals surface area contributed by atoms with Crippen LogP contribution >= 0.6 is 0 Å². The van der Waals surface area contributed by atoms with Crippen LogP contribution in [0.25, 0.3) is 0 Å². The van der Waals surface area contributed by atoms with E-state index >= 15 is 0 Å². The maximum absolute atomic E-state index is 13.9. The van der Waals surface area contributed by atoms with Crippen molar-refractivity contribution in [3.8, 4) is 0 Å². The Kier molecular flexibility index (Phi) is 8.81. The van der Waals surface area contributed by atoms with Crippen LogP contribution in [0.2, 0.25) is 0 Å². The van der Waals surface area contributed by atoms with Gasteiger partial charge < -0.3 is 0 Å². The van der Waals surface area contributed by atoms with Gasteiger partial charge in [0.1, 0.15) is 12.3 Å². The predicted octanol–water partition coefficient (Wildman–Crippen LogP) is 5.81. The van der Waals surface area contributed by atoms with E-state index in [4.69, 9.17) is 0 Å². The van der Waals surface area contributed by atoms with E-state index in [1.807, 2.05) is 20.8 Å². The van der Waals surface area contributed by atoms with Gasteiger partial charge in [-0.3, -0.25) is 0 Å². The SMILES string of the molecule is CC.CC1CCC(C(C)C(F)C(F)C(C)C)CC1. The highest BCUT2D eigenvalue weighted by atomic mass is 19.2. The minimum absolute atomic E-state index is 0.120. The summed E-state index contributed by atoms with van der Waals surface area (Å²) in [5, 5.41) is 0. The van der Waals surface area contributed by atoms with Crippen LogP contribution in [0.4, 0.5) is 8.78 Å². The zero-order valence-electron chi connectivity index (χ0n) is 13.0. The molecule has 0 aliphatic heterocycles. The van der Waals surface area contributed by atoms with E-state index in [9.17, 15) is 8.78 Å². The molecule has 0 aromatic heterocycles. The molecule has 18 heavy (non-hydrogen) atoms. The Hall–Kier alpha value is -0.140. The lowest BCUT2D eigenvalue weighted by atomic mass is 9.74. The second-order valence-electron chi connectivity index (χ2n) is 6.01. The molecule has 0 heterocycles. The van der Waals surface area contributed by atoms with Crippen LogP contribution in [0.5, 0.6) is 0 Å². The number of hydrogen-bond acceptors (Lipinski definition) is 0. The average molecular weight is 262 g/mol. The second-order valence-corrected chi connectivity index (χ2v) is 6.01. The number of halogens is 2. The molecule has 0 aromatic rings. The molecule has 1 aliphatic rings. The van der Waals surface area contributed by atoms with E-state index in [1.54, 1.807) is 13.8 Å². The average Bonchev–Trinajstić information content (AvgIpc) is 2.39. The molecular weight excluding hydrogens is 230 g/mol. The van der Waals surface area contributed by atoms with E-state index in [0.717, 1.165) is 18.8 Å². The van der Waals surface area contributed by atoms with Crippen molar-refractivity contribution in [2.24, 2.45) is 23.7 Å². The smallest absolute Gasteiger partial charge is 0.134 e. The second kappa shape index (κ2) is 8.87. The summed E-state index contributed by atoms with van der Waals surface area (Å²) in [6.45, 7) is 11.7. The zero-order valence-corrected chi connectivity index (χ0v) is 13.0. The molecule has 1 fully saturated rings. The minimum Gasteiger partial charge on any atom is -0.244 e. The predicted molar refractivity (Wildman–Crippen MR) is 76.3 cm³/mol. The van der Waals surface area contributed by atoms with Gasteiger partial charge in [-0.15, -0.1) is 0 Å². The van der Waals surface area contributed by atoms with Gasteiger partial charge in [0.2, 0.25) is 0 Å². The van der Waals surface area contributed by atoms with Crippen LogP contribution in [0.3, 0.4) is 0 Å². The van der Waals surface area contributed by atoms with Crippen molar-refractivity contribution in [3.05, 3.63) is 0 Å². The highest BCUT2D eigenvalue weighted by Gasteiger charge is 2.34.